The molecule has 0 saturated heterocycles. The highest BCUT2D eigenvalue weighted by atomic mass is 16.2. The first-order valence-electron chi connectivity index (χ1n) is 8.56. The summed E-state index contributed by atoms with van der Waals surface area (Å²) in [4.78, 5) is 16.6. The first-order chi connectivity index (χ1) is 12.5. The number of carbonyl (C=O) groups is 1. The van der Waals surface area contributed by atoms with Crippen molar-refractivity contribution >= 4 is 17.7 Å². The zero-order valence-corrected chi connectivity index (χ0v) is 15.2. The molecule has 3 aromatic heterocycles. The minimum Gasteiger partial charge on any atom is -0.292 e. The monoisotopic (exact) mass is 353 g/mol. The second-order valence-electron chi connectivity index (χ2n) is 6.61. The molecule has 3 heterocycles. The molecule has 0 aliphatic carbocycles. The fourth-order valence-electron chi connectivity index (χ4n) is 2.65. The summed E-state index contributed by atoms with van der Waals surface area (Å²) in [5.41, 5.74) is 2.67. The standard InChI is InChI=1S/C18H23N7O/c1-12(2)8-15-10-16(23-22-15)20-18(26)21-17-9-13(3)24-25(17)11-14-6-4-5-7-19-14/h4-7,9-10,12H,8,11H2,1-3H3,(H3,20,21,22,23,26). The molecule has 0 saturated carbocycles. The number of aromatic nitrogens is 5. The number of H-pyrrole nitrogens is 1. The fraction of sp³-hybridized carbons (Fsp3) is 0.333. The maximum Gasteiger partial charge on any atom is 0.326 e. The number of urea groups is 1. The van der Waals surface area contributed by atoms with Crippen LogP contribution < -0.4 is 10.6 Å². The van der Waals surface area contributed by atoms with Gasteiger partial charge in [-0.05, 0) is 31.4 Å². The van der Waals surface area contributed by atoms with Crippen LogP contribution >= 0.6 is 0 Å². The summed E-state index contributed by atoms with van der Waals surface area (Å²) in [6, 6.07) is 9.00. The second kappa shape index (κ2) is 7.81. The Kier molecular flexibility index (Phi) is 5.31. The quantitative estimate of drug-likeness (QED) is 0.633. The highest BCUT2D eigenvalue weighted by Gasteiger charge is 2.12. The van der Waals surface area contributed by atoms with Gasteiger partial charge in [0.1, 0.15) is 5.82 Å². The van der Waals surface area contributed by atoms with Gasteiger partial charge < -0.3 is 0 Å². The Morgan fingerprint density at radius 2 is 2.12 bits per heavy atom. The van der Waals surface area contributed by atoms with E-state index in [2.05, 4.69) is 44.8 Å². The van der Waals surface area contributed by atoms with Gasteiger partial charge in [0.25, 0.3) is 0 Å². The number of nitrogens with zero attached hydrogens (tertiary/aromatic N) is 4. The van der Waals surface area contributed by atoms with E-state index in [-0.39, 0.29) is 6.03 Å². The molecule has 26 heavy (non-hydrogen) atoms. The largest absolute Gasteiger partial charge is 0.326 e. The number of rotatable bonds is 6. The lowest BCUT2D eigenvalue weighted by Crippen LogP contribution is -2.22. The number of nitrogens with one attached hydrogen (secondary N) is 3. The Morgan fingerprint density at radius 3 is 2.85 bits per heavy atom. The number of anilines is 2. The number of pyridine rings is 1. The van der Waals surface area contributed by atoms with Crippen molar-refractivity contribution < 1.29 is 4.79 Å². The van der Waals surface area contributed by atoms with Crippen LogP contribution in [0.5, 0.6) is 0 Å². The fourth-order valence-corrected chi connectivity index (χ4v) is 2.65. The average Bonchev–Trinajstić information content (AvgIpc) is 3.14. The molecule has 8 heteroatoms. The molecule has 0 atom stereocenters. The molecular formula is C18H23N7O. The molecule has 0 spiro atoms. The van der Waals surface area contributed by atoms with E-state index in [4.69, 9.17) is 0 Å². The summed E-state index contributed by atoms with van der Waals surface area (Å²) < 4.78 is 1.71. The van der Waals surface area contributed by atoms with Crippen LogP contribution in [0.3, 0.4) is 0 Å². The molecule has 136 valence electrons. The van der Waals surface area contributed by atoms with Gasteiger partial charge in [0.15, 0.2) is 5.82 Å². The number of aryl methyl sites for hydroxylation is 1. The molecule has 2 amide bonds. The summed E-state index contributed by atoms with van der Waals surface area (Å²) in [6.45, 7) is 6.62. The molecule has 8 nitrogen and oxygen atoms in total. The Balaban J connectivity index is 1.65. The van der Waals surface area contributed by atoms with Gasteiger partial charge in [-0.15, -0.1) is 0 Å². The van der Waals surface area contributed by atoms with Crippen LogP contribution in [0.2, 0.25) is 0 Å². The lowest BCUT2D eigenvalue weighted by atomic mass is 10.1. The number of hydrogen-bond donors (Lipinski definition) is 3. The molecule has 0 radical (unpaired) electrons. The van der Waals surface area contributed by atoms with E-state index in [1.165, 1.54) is 0 Å². The predicted octanol–water partition coefficient (Wildman–Crippen LogP) is 3.20. The molecule has 0 bridgehead atoms. The van der Waals surface area contributed by atoms with E-state index in [0.717, 1.165) is 23.5 Å². The summed E-state index contributed by atoms with van der Waals surface area (Å²) in [6.07, 6.45) is 2.62. The van der Waals surface area contributed by atoms with Crippen LogP contribution in [0.4, 0.5) is 16.4 Å². The van der Waals surface area contributed by atoms with Crippen LogP contribution in [-0.2, 0) is 13.0 Å². The number of hydrogen-bond acceptors (Lipinski definition) is 4. The number of amides is 2. The van der Waals surface area contributed by atoms with Gasteiger partial charge in [0.05, 0.1) is 17.9 Å². The minimum absolute atomic E-state index is 0.366. The van der Waals surface area contributed by atoms with Crippen LogP contribution in [0.1, 0.15) is 30.9 Å². The summed E-state index contributed by atoms with van der Waals surface area (Å²) >= 11 is 0. The Bertz CT molecular complexity index is 867. The van der Waals surface area contributed by atoms with Crippen LogP contribution in [0.25, 0.3) is 0 Å². The molecule has 0 unspecified atom stereocenters. The van der Waals surface area contributed by atoms with Crippen molar-refractivity contribution in [2.45, 2.75) is 33.7 Å². The van der Waals surface area contributed by atoms with Crippen molar-refractivity contribution in [3.63, 3.8) is 0 Å². The second-order valence-corrected chi connectivity index (χ2v) is 6.61. The Hall–Kier alpha value is -3.16. The minimum atomic E-state index is -0.366. The molecule has 3 aromatic rings. The van der Waals surface area contributed by atoms with Crippen molar-refractivity contribution in [1.29, 1.82) is 0 Å². The first kappa shape index (κ1) is 17.7. The van der Waals surface area contributed by atoms with Crippen molar-refractivity contribution in [1.82, 2.24) is 25.0 Å². The van der Waals surface area contributed by atoms with E-state index >= 15 is 0 Å². The lowest BCUT2D eigenvalue weighted by Gasteiger charge is -2.08. The molecule has 0 aliphatic heterocycles. The Morgan fingerprint density at radius 1 is 1.27 bits per heavy atom. The lowest BCUT2D eigenvalue weighted by molar-refractivity contribution is 0.262. The van der Waals surface area contributed by atoms with Gasteiger partial charge in [-0.3, -0.25) is 20.7 Å². The van der Waals surface area contributed by atoms with Crippen LogP contribution in [-0.4, -0.2) is 31.0 Å². The van der Waals surface area contributed by atoms with Gasteiger partial charge in [0.2, 0.25) is 0 Å². The molecular weight excluding hydrogens is 330 g/mol. The molecule has 3 rings (SSSR count). The van der Waals surface area contributed by atoms with Gasteiger partial charge in [0, 0.05) is 24.0 Å². The van der Waals surface area contributed by atoms with E-state index in [1.54, 1.807) is 10.9 Å². The topological polar surface area (TPSA) is 101 Å². The summed E-state index contributed by atoms with van der Waals surface area (Å²) in [5.74, 6) is 1.61. The zero-order chi connectivity index (χ0) is 18.5. The average molecular weight is 353 g/mol. The maximum atomic E-state index is 12.3. The third-order valence-electron chi connectivity index (χ3n) is 3.68. The van der Waals surface area contributed by atoms with Gasteiger partial charge in [-0.25, -0.2) is 9.48 Å². The number of aromatic amines is 1. The smallest absolute Gasteiger partial charge is 0.292 e. The van der Waals surface area contributed by atoms with E-state index < -0.39 is 0 Å². The maximum absolute atomic E-state index is 12.3. The SMILES string of the molecule is Cc1cc(NC(=O)Nc2cc(CC(C)C)[nH]n2)n(Cc2ccccn2)n1. The first-order valence-corrected chi connectivity index (χ1v) is 8.56. The molecule has 0 aliphatic rings. The highest BCUT2D eigenvalue weighted by Crippen LogP contribution is 2.14. The van der Waals surface area contributed by atoms with Gasteiger partial charge in [-0.2, -0.15) is 10.2 Å². The van der Waals surface area contributed by atoms with Crippen molar-refractivity contribution in [3.05, 3.63) is 53.6 Å². The summed E-state index contributed by atoms with van der Waals surface area (Å²) in [5, 5.41) is 17.0. The van der Waals surface area contributed by atoms with Gasteiger partial charge in [-0.1, -0.05) is 19.9 Å². The highest BCUT2D eigenvalue weighted by molar-refractivity contribution is 5.98. The van der Waals surface area contributed by atoms with E-state index in [0.29, 0.717) is 24.1 Å². The summed E-state index contributed by atoms with van der Waals surface area (Å²) in [7, 11) is 0. The predicted molar refractivity (Wildman–Crippen MR) is 100 cm³/mol. The normalized spacial score (nSPS) is 10.9. The van der Waals surface area contributed by atoms with Gasteiger partial charge >= 0.3 is 6.03 Å². The van der Waals surface area contributed by atoms with E-state index in [9.17, 15) is 4.79 Å². The number of carbonyl (C=O) groups excluding carboxylic acids is 1. The van der Waals surface area contributed by atoms with E-state index in [1.807, 2.05) is 37.3 Å². The van der Waals surface area contributed by atoms with Crippen LogP contribution in [0, 0.1) is 12.8 Å². The van der Waals surface area contributed by atoms with Crippen LogP contribution in [0.15, 0.2) is 36.5 Å². The third-order valence-corrected chi connectivity index (χ3v) is 3.68. The molecule has 0 fully saturated rings. The molecule has 0 aromatic carbocycles. The molecule has 3 N–H and O–H groups in total. The Labute approximate surface area is 152 Å². The van der Waals surface area contributed by atoms with Crippen molar-refractivity contribution in [2.24, 2.45) is 5.92 Å². The van der Waals surface area contributed by atoms with Crippen molar-refractivity contribution in [3.8, 4) is 0 Å². The zero-order valence-electron chi connectivity index (χ0n) is 15.2. The third kappa shape index (κ3) is 4.69. The van der Waals surface area contributed by atoms with Crippen molar-refractivity contribution in [2.75, 3.05) is 10.6 Å².